The number of quaternary nitrogens is 2. The maximum Gasteiger partial charge on any atom is 0.126 e. The van der Waals surface area contributed by atoms with Gasteiger partial charge in [-0.05, 0) is 12.8 Å². The van der Waals surface area contributed by atoms with E-state index in [0.717, 1.165) is 41.3 Å². The summed E-state index contributed by atoms with van der Waals surface area (Å²) in [5, 5.41) is 35.5. The van der Waals surface area contributed by atoms with Crippen LogP contribution in [0.4, 0.5) is 0 Å². The third-order valence-corrected chi connectivity index (χ3v) is 8.52. The molecule has 0 aliphatic rings. The SMILES string of the molecule is CCCCCCCCCCCCCCCCCCCCCC[NH-].CCC[N+](C)(C)CC(O)CO.CCC[N+](C)(C)CC(O)CO.[Cl-]. The second-order valence-corrected chi connectivity index (χ2v) is 14.8. The average Bonchev–Trinajstić information content (AvgIpc) is 2.98. The molecule has 0 saturated carbocycles. The fourth-order valence-corrected chi connectivity index (χ4v) is 6.03. The van der Waals surface area contributed by atoms with Crippen LogP contribution in [0.5, 0.6) is 0 Å². The van der Waals surface area contributed by atoms with Crippen LogP contribution >= 0.6 is 0 Å². The number of hydrogen-bond donors (Lipinski definition) is 4. The van der Waals surface area contributed by atoms with Crippen molar-refractivity contribution in [1.82, 2.24) is 0 Å². The van der Waals surface area contributed by atoms with Gasteiger partial charge in [0.1, 0.15) is 25.3 Å². The van der Waals surface area contributed by atoms with E-state index in [2.05, 4.69) is 49.0 Å². The monoisotopic (exact) mass is 684 g/mol. The molecule has 0 aliphatic heterocycles. The smallest absolute Gasteiger partial charge is 0.126 e. The van der Waals surface area contributed by atoms with E-state index in [1.54, 1.807) is 0 Å². The number of rotatable bonds is 30. The Kier molecular flexibility index (Phi) is 45.3. The number of unbranched alkanes of at least 4 members (excludes halogenated alkanes) is 19. The van der Waals surface area contributed by atoms with Crippen LogP contribution in [0.2, 0.25) is 0 Å². The van der Waals surface area contributed by atoms with Crippen LogP contribution in [-0.4, -0.2) is 116 Å². The van der Waals surface area contributed by atoms with Crippen molar-refractivity contribution < 1.29 is 41.8 Å². The van der Waals surface area contributed by atoms with Gasteiger partial charge in [-0.3, -0.25) is 0 Å². The highest BCUT2D eigenvalue weighted by molar-refractivity contribution is 4.54. The molecule has 0 heterocycles. The zero-order chi connectivity index (χ0) is 34.7. The van der Waals surface area contributed by atoms with Crippen molar-refractivity contribution in [2.45, 2.75) is 174 Å². The lowest BCUT2D eigenvalue weighted by Gasteiger charge is -2.30. The molecule has 0 fully saturated rings. The quantitative estimate of drug-likeness (QED) is 0.0592. The zero-order valence-electron chi connectivity index (χ0n) is 32.2. The summed E-state index contributed by atoms with van der Waals surface area (Å²) in [7, 11) is 8.23. The molecule has 0 spiro atoms. The summed E-state index contributed by atoms with van der Waals surface area (Å²) in [5.74, 6) is 0. The van der Waals surface area contributed by atoms with Crippen LogP contribution in [-0.2, 0) is 0 Å². The number of hydrogen-bond acceptors (Lipinski definition) is 4. The van der Waals surface area contributed by atoms with Crippen molar-refractivity contribution >= 4 is 0 Å². The first-order valence-electron chi connectivity index (χ1n) is 19.3. The molecule has 0 radical (unpaired) electrons. The van der Waals surface area contributed by atoms with Gasteiger partial charge < -0.3 is 47.5 Å². The Bertz CT molecular complexity index is 510. The number of nitrogens with zero attached hydrogens (tertiary/aromatic N) is 2. The van der Waals surface area contributed by atoms with Crippen molar-refractivity contribution in [3.8, 4) is 0 Å². The lowest BCUT2D eigenvalue weighted by Crippen LogP contribution is -3.00. The minimum absolute atomic E-state index is 0. The second kappa shape index (κ2) is 39.4. The van der Waals surface area contributed by atoms with E-state index in [-0.39, 0.29) is 25.6 Å². The molecule has 7 nitrogen and oxygen atoms in total. The summed E-state index contributed by atoms with van der Waals surface area (Å²) in [6, 6.07) is 0. The van der Waals surface area contributed by atoms with Crippen molar-refractivity contribution in [2.75, 3.05) is 74.1 Å². The molecular weight excluding hydrogens is 598 g/mol. The lowest BCUT2D eigenvalue weighted by atomic mass is 10.0. The maximum absolute atomic E-state index is 9.15. The Morgan fingerprint density at radius 1 is 0.435 bits per heavy atom. The Morgan fingerprint density at radius 2 is 0.674 bits per heavy atom. The molecule has 2 atom stereocenters. The fraction of sp³-hybridized carbons (Fsp3) is 1.00. The predicted octanol–water partition coefficient (Wildman–Crippen LogP) is 5.52. The van der Waals surface area contributed by atoms with Crippen molar-refractivity contribution in [3.05, 3.63) is 5.73 Å². The number of halogens is 1. The third kappa shape index (κ3) is 46.1. The number of aliphatic hydroxyl groups excluding tert-OH is 4. The van der Waals surface area contributed by atoms with Gasteiger partial charge in [0.25, 0.3) is 0 Å². The summed E-state index contributed by atoms with van der Waals surface area (Å²) in [4.78, 5) is 0. The largest absolute Gasteiger partial charge is 1.00 e. The molecule has 0 aromatic carbocycles. The first-order chi connectivity index (χ1) is 21.4. The van der Waals surface area contributed by atoms with Crippen LogP contribution in [0.15, 0.2) is 0 Å². The van der Waals surface area contributed by atoms with E-state index in [1.807, 2.05) is 0 Å². The molecule has 284 valence electrons. The highest BCUT2D eigenvalue weighted by Crippen LogP contribution is 2.14. The summed E-state index contributed by atoms with van der Waals surface area (Å²) >= 11 is 0. The van der Waals surface area contributed by atoms with E-state index in [1.165, 1.54) is 122 Å². The predicted molar refractivity (Wildman–Crippen MR) is 198 cm³/mol. The van der Waals surface area contributed by atoms with Gasteiger partial charge in [-0.15, -0.1) is 0 Å². The summed E-state index contributed by atoms with van der Waals surface area (Å²) < 4.78 is 1.55. The second-order valence-electron chi connectivity index (χ2n) is 14.8. The molecule has 5 N–H and O–H groups in total. The highest BCUT2D eigenvalue weighted by Gasteiger charge is 2.19. The van der Waals surface area contributed by atoms with Gasteiger partial charge in [0.2, 0.25) is 0 Å². The average molecular weight is 685 g/mol. The molecule has 0 aromatic rings. The van der Waals surface area contributed by atoms with Gasteiger partial charge in [-0.25, -0.2) is 0 Å². The normalized spacial score (nSPS) is 12.8. The Morgan fingerprint density at radius 3 is 0.870 bits per heavy atom. The summed E-state index contributed by atoms with van der Waals surface area (Å²) in [6.07, 6.45) is 29.5. The topological polar surface area (TPSA) is 105 Å². The van der Waals surface area contributed by atoms with E-state index < -0.39 is 12.2 Å². The van der Waals surface area contributed by atoms with Gasteiger partial charge >= 0.3 is 0 Å². The van der Waals surface area contributed by atoms with Crippen molar-refractivity contribution in [2.24, 2.45) is 0 Å². The molecule has 0 bridgehead atoms. The van der Waals surface area contributed by atoms with E-state index in [0.29, 0.717) is 19.6 Å². The first-order valence-corrected chi connectivity index (χ1v) is 19.3. The Balaban J connectivity index is -0.000000321. The van der Waals surface area contributed by atoms with Crippen LogP contribution in [0, 0.1) is 0 Å². The molecular formula is C38H86ClN3O4. The van der Waals surface area contributed by atoms with Crippen LogP contribution < -0.4 is 12.4 Å². The van der Waals surface area contributed by atoms with Crippen LogP contribution in [0.1, 0.15) is 162 Å². The lowest BCUT2D eigenvalue weighted by molar-refractivity contribution is -0.893. The Hall–Kier alpha value is 0.01000. The van der Waals surface area contributed by atoms with Crippen LogP contribution in [0.3, 0.4) is 0 Å². The van der Waals surface area contributed by atoms with E-state index in [4.69, 9.17) is 26.2 Å². The summed E-state index contributed by atoms with van der Waals surface area (Å²) in [6.45, 7) is 10.2. The van der Waals surface area contributed by atoms with Gasteiger partial charge in [0.15, 0.2) is 0 Å². The minimum atomic E-state index is -0.573. The number of nitrogens with one attached hydrogen (secondary N) is 1. The molecule has 0 saturated heterocycles. The molecule has 46 heavy (non-hydrogen) atoms. The van der Waals surface area contributed by atoms with E-state index >= 15 is 0 Å². The van der Waals surface area contributed by atoms with Crippen molar-refractivity contribution in [1.29, 1.82) is 0 Å². The first kappa shape index (κ1) is 52.8. The van der Waals surface area contributed by atoms with Gasteiger partial charge in [-0.1, -0.05) is 149 Å². The third-order valence-electron chi connectivity index (χ3n) is 8.52. The number of aliphatic hydroxyl groups is 4. The molecule has 8 heteroatoms. The van der Waals surface area contributed by atoms with Gasteiger partial charge in [-0.2, -0.15) is 6.54 Å². The Labute approximate surface area is 295 Å². The molecule has 0 rings (SSSR count). The van der Waals surface area contributed by atoms with Crippen LogP contribution in [0.25, 0.3) is 5.73 Å². The van der Waals surface area contributed by atoms with Crippen molar-refractivity contribution in [3.63, 3.8) is 0 Å². The zero-order valence-corrected chi connectivity index (χ0v) is 33.0. The molecule has 0 aromatic heterocycles. The number of likely N-dealkylation sites (N-methyl/N-ethyl adjacent to an activating group) is 2. The fourth-order valence-electron chi connectivity index (χ4n) is 6.03. The molecule has 0 amide bonds. The maximum atomic E-state index is 9.15. The van der Waals surface area contributed by atoms with Gasteiger partial charge in [0.05, 0.1) is 54.5 Å². The minimum Gasteiger partial charge on any atom is -1.00 e. The van der Waals surface area contributed by atoms with E-state index in [9.17, 15) is 0 Å². The van der Waals surface area contributed by atoms with Gasteiger partial charge in [0, 0.05) is 0 Å². The molecule has 2 unspecified atom stereocenters. The summed E-state index contributed by atoms with van der Waals surface area (Å²) in [5.41, 5.74) is 7.11. The molecule has 0 aliphatic carbocycles. The highest BCUT2D eigenvalue weighted by atomic mass is 35.5. The standard InChI is InChI=1S/C22H46N.2C8H20NO2.ClH/c1-2-3-4-5-6-7-8-9-10-11-12-13-14-15-16-17-18-19-20-21-22-23;2*1-4-5-9(2,3)6-8(11)7-10;/h23H,2-22H2,1H3;2*8,10-11H,4-7H2,1-3H3;1H/q-1;2*+1;/p-1.